The third-order valence-electron chi connectivity index (χ3n) is 4.60. The lowest BCUT2D eigenvalue weighted by Crippen LogP contribution is -2.53. The van der Waals surface area contributed by atoms with E-state index in [4.69, 9.17) is 9.57 Å². The molecule has 1 heterocycles. The van der Waals surface area contributed by atoms with E-state index in [0.29, 0.717) is 5.71 Å². The summed E-state index contributed by atoms with van der Waals surface area (Å²) in [6.07, 6.45) is 0.829. The maximum absolute atomic E-state index is 12.9. The Morgan fingerprint density at radius 3 is 2.43 bits per heavy atom. The van der Waals surface area contributed by atoms with Crippen molar-refractivity contribution in [2.75, 3.05) is 6.54 Å². The lowest BCUT2D eigenvalue weighted by molar-refractivity contribution is -0.144. The number of amides is 2. The molecule has 1 saturated heterocycles. The highest BCUT2D eigenvalue weighted by atomic mass is 16.6. The van der Waals surface area contributed by atoms with Crippen molar-refractivity contribution >= 4 is 23.7 Å². The van der Waals surface area contributed by atoms with Crippen molar-refractivity contribution in [1.82, 2.24) is 10.2 Å². The SMILES string of the molecule is C=C[C@@H]1C[C@]1(NC(=O)[C@@H]1C[C@@H](ON=C(C)C)CN1C(=O)OC(C)(C)C)C(=O)O. The predicted octanol–water partition coefficient (Wildman–Crippen LogP) is 1.92. The second-order valence-electron chi connectivity index (χ2n) is 8.46. The van der Waals surface area contributed by atoms with Gasteiger partial charge in [-0.05, 0) is 41.0 Å². The molecule has 4 atom stereocenters. The molecule has 0 bridgehead atoms. The second kappa shape index (κ2) is 7.81. The molecule has 0 aromatic rings. The van der Waals surface area contributed by atoms with Crippen LogP contribution in [0, 0.1) is 5.92 Å². The highest BCUT2D eigenvalue weighted by Gasteiger charge is 2.61. The quantitative estimate of drug-likeness (QED) is 0.403. The van der Waals surface area contributed by atoms with Gasteiger partial charge in [0.25, 0.3) is 0 Å². The summed E-state index contributed by atoms with van der Waals surface area (Å²) in [5, 5.41) is 16.0. The maximum Gasteiger partial charge on any atom is 0.411 e. The minimum Gasteiger partial charge on any atom is -0.479 e. The molecule has 0 radical (unpaired) electrons. The van der Waals surface area contributed by atoms with E-state index in [1.807, 2.05) is 0 Å². The number of aliphatic carboxylic acids is 1. The lowest BCUT2D eigenvalue weighted by Gasteiger charge is -2.28. The van der Waals surface area contributed by atoms with Gasteiger partial charge in [-0.1, -0.05) is 11.2 Å². The molecule has 1 saturated carbocycles. The number of ether oxygens (including phenoxy) is 1. The van der Waals surface area contributed by atoms with Crippen molar-refractivity contribution in [3.05, 3.63) is 12.7 Å². The van der Waals surface area contributed by atoms with Crippen LogP contribution in [0.2, 0.25) is 0 Å². The molecule has 1 aliphatic carbocycles. The Morgan fingerprint density at radius 1 is 1.32 bits per heavy atom. The van der Waals surface area contributed by atoms with Crippen LogP contribution in [0.4, 0.5) is 4.79 Å². The van der Waals surface area contributed by atoms with Gasteiger partial charge in [0.05, 0.1) is 12.3 Å². The van der Waals surface area contributed by atoms with Crippen LogP contribution < -0.4 is 5.32 Å². The summed E-state index contributed by atoms with van der Waals surface area (Å²) in [5.41, 5.74) is -1.40. The number of nitrogens with zero attached hydrogens (tertiary/aromatic N) is 2. The molecule has 28 heavy (non-hydrogen) atoms. The Kier molecular flexibility index (Phi) is 6.06. The third-order valence-corrected chi connectivity index (χ3v) is 4.60. The largest absolute Gasteiger partial charge is 0.479 e. The Balaban J connectivity index is 2.17. The number of oxime groups is 1. The molecule has 9 heteroatoms. The Morgan fingerprint density at radius 2 is 1.96 bits per heavy atom. The first-order chi connectivity index (χ1) is 12.9. The third kappa shape index (κ3) is 4.82. The fraction of sp³-hybridized carbons (Fsp3) is 0.684. The van der Waals surface area contributed by atoms with E-state index in [1.54, 1.807) is 34.6 Å². The number of carbonyl (C=O) groups is 3. The smallest absolute Gasteiger partial charge is 0.411 e. The summed E-state index contributed by atoms with van der Waals surface area (Å²) in [5.74, 6) is -2.02. The number of nitrogens with one attached hydrogen (secondary N) is 1. The van der Waals surface area contributed by atoms with Gasteiger partial charge in [-0.3, -0.25) is 9.69 Å². The first-order valence-electron chi connectivity index (χ1n) is 9.24. The van der Waals surface area contributed by atoms with Crippen LogP contribution in [-0.4, -0.2) is 63.5 Å². The monoisotopic (exact) mass is 395 g/mol. The topological polar surface area (TPSA) is 118 Å². The maximum atomic E-state index is 12.9. The lowest BCUT2D eigenvalue weighted by atomic mass is 10.1. The number of hydrogen-bond donors (Lipinski definition) is 2. The number of rotatable bonds is 6. The molecule has 2 N–H and O–H groups in total. The van der Waals surface area contributed by atoms with Crippen LogP contribution in [-0.2, 0) is 19.2 Å². The number of carbonyl (C=O) groups excluding carboxylic acids is 2. The van der Waals surface area contributed by atoms with Crippen molar-refractivity contribution < 1.29 is 29.1 Å². The molecule has 9 nitrogen and oxygen atoms in total. The molecule has 0 aromatic heterocycles. The number of hydrogen-bond acceptors (Lipinski definition) is 6. The van der Waals surface area contributed by atoms with Crippen molar-refractivity contribution in [1.29, 1.82) is 0 Å². The Labute approximate surface area is 164 Å². The zero-order chi connectivity index (χ0) is 21.3. The summed E-state index contributed by atoms with van der Waals surface area (Å²) < 4.78 is 5.39. The van der Waals surface area contributed by atoms with Crippen LogP contribution >= 0.6 is 0 Å². The molecule has 2 amide bonds. The Hall–Kier alpha value is -2.58. The first-order valence-corrected chi connectivity index (χ1v) is 9.24. The standard InChI is InChI=1S/C19H29N3O6/c1-7-12-9-19(12,16(24)25)20-15(23)14-8-13(28-21-11(2)3)10-22(14)17(26)27-18(4,5)6/h7,12-14H,1,8-10H2,2-6H3,(H,20,23)(H,24,25)/t12-,13-,14+,19-/m1/s1. The van der Waals surface area contributed by atoms with E-state index in [2.05, 4.69) is 17.1 Å². The van der Waals surface area contributed by atoms with Crippen molar-refractivity contribution in [2.45, 2.75) is 70.7 Å². The van der Waals surface area contributed by atoms with Gasteiger partial charge < -0.3 is 20.0 Å². The zero-order valence-corrected chi connectivity index (χ0v) is 17.0. The summed E-state index contributed by atoms with van der Waals surface area (Å²) in [7, 11) is 0. The molecule has 0 aromatic carbocycles. The van der Waals surface area contributed by atoms with Crippen LogP contribution in [0.5, 0.6) is 0 Å². The fourth-order valence-electron chi connectivity index (χ4n) is 3.14. The zero-order valence-electron chi connectivity index (χ0n) is 17.0. The van der Waals surface area contributed by atoms with Gasteiger partial charge in [0.1, 0.15) is 23.3 Å². The highest BCUT2D eigenvalue weighted by Crippen LogP contribution is 2.44. The normalized spacial score (nSPS) is 28.9. The molecule has 2 fully saturated rings. The average molecular weight is 395 g/mol. The van der Waals surface area contributed by atoms with Gasteiger partial charge in [-0.15, -0.1) is 6.58 Å². The van der Waals surface area contributed by atoms with E-state index in [-0.39, 0.29) is 25.3 Å². The summed E-state index contributed by atoms with van der Waals surface area (Å²) >= 11 is 0. The molecule has 2 rings (SSSR count). The number of carboxylic acids is 1. The van der Waals surface area contributed by atoms with Crippen LogP contribution in [0.1, 0.15) is 47.5 Å². The van der Waals surface area contributed by atoms with Crippen molar-refractivity contribution in [3.63, 3.8) is 0 Å². The molecule has 0 spiro atoms. The minimum absolute atomic E-state index is 0.120. The van der Waals surface area contributed by atoms with Crippen LogP contribution in [0.15, 0.2) is 17.8 Å². The van der Waals surface area contributed by atoms with Gasteiger partial charge >= 0.3 is 12.1 Å². The highest BCUT2D eigenvalue weighted by molar-refractivity contribution is 5.94. The first kappa shape index (κ1) is 21.7. The minimum atomic E-state index is -1.37. The van der Waals surface area contributed by atoms with E-state index >= 15 is 0 Å². The summed E-state index contributed by atoms with van der Waals surface area (Å²) in [6.45, 7) is 12.5. The summed E-state index contributed by atoms with van der Waals surface area (Å²) in [4.78, 5) is 43.8. The van der Waals surface area contributed by atoms with E-state index in [1.165, 1.54) is 11.0 Å². The number of likely N-dealkylation sites (tertiary alicyclic amines) is 1. The Bertz CT molecular complexity index is 694. The van der Waals surface area contributed by atoms with Gasteiger partial charge in [0.15, 0.2) is 0 Å². The molecule has 156 valence electrons. The van der Waals surface area contributed by atoms with Gasteiger partial charge in [-0.25, -0.2) is 9.59 Å². The predicted molar refractivity (Wildman–Crippen MR) is 102 cm³/mol. The molecule has 1 aliphatic heterocycles. The fourth-order valence-corrected chi connectivity index (χ4v) is 3.14. The summed E-state index contributed by atoms with van der Waals surface area (Å²) in [6, 6.07) is -0.908. The van der Waals surface area contributed by atoms with Gasteiger partial charge in [-0.2, -0.15) is 0 Å². The average Bonchev–Trinajstić information content (AvgIpc) is 3.10. The van der Waals surface area contributed by atoms with Gasteiger partial charge in [0, 0.05) is 12.3 Å². The van der Waals surface area contributed by atoms with Crippen molar-refractivity contribution in [3.8, 4) is 0 Å². The van der Waals surface area contributed by atoms with E-state index in [9.17, 15) is 19.5 Å². The number of carboxylic acid groups (broad SMARTS) is 1. The molecule has 0 unspecified atom stereocenters. The van der Waals surface area contributed by atoms with Gasteiger partial charge in [0.2, 0.25) is 5.91 Å². The van der Waals surface area contributed by atoms with E-state index in [0.717, 1.165) is 0 Å². The van der Waals surface area contributed by atoms with E-state index < -0.39 is 41.3 Å². The van der Waals surface area contributed by atoms with Crippen LogP contribution in [0.25, 0.3) is 0 Å². The van der Waals surface area contributed by atoms with Crippen molar-refractivity contribution in [2.24, 2.45) is 11.1 Å². The molecular weight excluding hydrogens is 366 g/mol. The van der Waals surface area contributed by atoms with Crippen LogP contribution in [0.3, 0.4) is 0 Å². The molecular formula is C19H29N3O6. The molecule has 2 aliphatic rings. The second-order valence-corrected chi connectivity index (χ2v) is 8.46.